The van der Waals surface area contributed by atoms with Crippen LogP contribution in [0, 0.1) is 6.92 Å². The highest BCUT2D eigenvalue weighted by Gasteiger charge is 2.36. The zero-order chi connectivity index (χ0) is 22.6. The normalized spacial score (nSPS) is 23.8. The highest BCUT2D eigenvalue weighted by molar-refractivity contribution is 8.18. The summed E-state index contributed by atoms with van der Waals surface area (Å²) >= 11 is 1.45. The van der Waals surface area contributed by atoms with Crippen LogP contribution >= 0.6 is 11.8 Å². The second-order valence-corrected chi connectivity index (χ2v) is 9.54. The lowest BCUT2D eigenvalue weighted by Crippen LogP contribution is -2.36. The Hall–Kier alpha value is -2.61. The van der Waals surface area contributed by atoms with E-state index < -0.39 is 0 Å². The maximum absolute atomic E-state index is 13.4. The number of nitrogens with zero attached hydrogens (tertiary/aromatic N) is 3. The minimum absolute atomic E-state index is 0.00170. The number of thioether (sulfide) groups is 1. The first-order valence-electron chi connectivity index (χ1n) is 11.6. The van der Waals surface area contributed by atoms with Gasteiger partial charge >= 0.3 is 0 Å². The average Bonchev–Trinajstić information content (AvgIpc) is 3.46. The number of amidine groups is 1. The molecule has 2 aromatic rings. The largest absolute Gasteiger partial charge is 0.378 e. The van der Waals surface area contributed by atoms with Crippen LogP contribution in [-0.2, 0) is 14.3 Å². The van der Waals surface area contributed by atoms with Gasteiger partial charge < -0.3 is 14.4 Å². The van der Waals surface area contributed by atoms with Gasteiger partial charge in [0.15, 0.2) is 5.17 Å². The summed E-state index contributed by atoms with van der Waals surface area (Å²) in [5.74, 6) is 0.00170. The molecule has 2 aromatic carbocycles. The Morgan fingerprint density at radius 3 is 2.67 bits per heavy atom. The summed E-state index contributed by atoms with van der Waals surface area (Å²) in [6.45, 7) is 6.76. The van der Waals surface area contributed by atoms with Crippen molar-refractivity contribution < 1.29 is 14.3 Å². The van der Waals surface area contributed by atoms with Crippen LogP contribution in [0.4, 0.5) is 11.4 Å². The molecule has 0 radical (unpaired) electrons. The predicted octanol–water partition coefficient (Wildman–Crippen LogP) is 4.61. The summed E-state index contributed by atoms with van der Waals surface area (Å²) in [6.07, 6.45) is 4.10. The van der Waals surface area contributed by atoms with E-state index in [0.29, 0.717) is 11.4 Å². The SMILES string of the molecule is Cc1cc(N2CCOCC2)ccc1/C=C1\SC(=Nc2ccccc2)N(C[C@@H]2CCCO2)C1=O. The number of carbonyl (C=O) groups excluding carboxylic acids is 1. The molecule has 3 saturated heterocycles. The number of aryl methyl sites for hydroxylation is 1. The number of rotatable bonds is 5. The van der Waals surface area contributed by atoms with E-state index in [1.54, 1.807) is 4.90 Å². The van der Waals surface area contributed by atoms with Gasteiger partial charge in [0, 0.05) is 25.4 Å². The number of morpholine rings is 1. The first-order valence-corrected chi connectivity index (χ1v) is 12.4. The number of ether oxygens (including phenoxy) is 2. The van der Waals surface area contributed by atoms with Gasteiger partial charge in [0.05, 0.1) is 36.5 Å². The monoisotopic (exact) mass is 463 g/mol. The Morgan fingerprint density at radius 2 is 1.94 bits per heavy atom. The fraction of sp³-hybridized carbons (Fsp3) is 0.385. The maximum atomic E-state index is 13.4. The van der Waals surface area contributed by atoms with Crippen molar-refractivity contribution in [3.8, 4) is 0 Å². The lowest BCUT2D eigenvalue weighted by molar-refractivity contribution is -0.123. The maximum Gasteiger partial charge on any atom is 0.266 e. The van der Waals surface area contributed by atoms with Gasteiger partial charge in [-0.25, -0.2) is 4.99 Å². The van der Waals surface area contributed by atoms with E-state index >= 15 is 0 Å². The Morgan fingerprint density at radius 1 is 1.12 bits per heavy atom. The Labute approximate surface area is 199 Å². The van der Waals surface area contributed by atoms with E-state index in [1.807, 2.05) is 36.4 Å². The molecule has 0 bridgehead atoms. The number of anilines is 1. The van der Waals surface area contributed by atoms with Crippen molar-refractivity contribution in [2.75, 3.05) is 44.4 Å². The molecule has 3 fully saturated rings. The second-order valence-electron chi connectivity index (χ2n) is 8.53. The topological polar surface area (TPSA) is 54.4 Å². The van der Waals surface area contributed by atoms with E-state index in [9.17, 15) is 4.79 Å². The van der Waals surface area contributed by atoms with Crippen LogP contribution in [0.25, 0.3) is 6.08 Å². The molecule has 3 aliphatic rings. The van der Waals surface area contributed by atoms with Crippen molar-refractivity contribution in [2.24, 2.45) is 4.99 Å². The van der Waals surface area contributed by atoms with Crippen LogP contribution in [-0.4, -0.2) is 61.5 Å². The lowest BCUT2D eigenvalue weighted by Gasteiger charge is -2.29. The summed E-state index contributed by atoms with van der Waals surface area (Å²) < 4.78 is 11.3. The minimum Gasteiger partial charge on any atom is -0.378 e. The number of hydrogen-bond acceptors (Lipinski definition) is 6. The molecule has 0 spiro atoms. The van der Waals surface area contributed by atoms with Crippen LogP contribution in [0.15, 0.2) is 58.4 Å². The third-order valence-electron chi connectivity index (χ3n) is 6.20. The molecule has 33 heavy (non-hydrogen) atoms. The summed E-state index contributed by atoms with van der Waals surface area (Å²) in [4.78, 5) is 23.0. The quantitative estimate of drug-likeness (QED) is 0.606. The third kappa shape index (κ3) is 5.16. The van der Waals surface area contributed by atoms with E-state index in [4.69, 9.17) is 14.5 Å². The van der Waals surface area contributed by atoms with Crippen LogP contribution in [0.2, 0.25) is 0 Å². The minimum atomic E-state index is 0.00170. The van der Waals surface area contributed by atoms with Gasteiger partial charge in [-0.1, -0.05) is 24.3 Å². The molecule has 0 aromatic heterocycles. The van der Waals surface area contributed by atoms with Gasteiger partial charge in [0.1, 0.15) is 0 Å². The summed E-state index contributed by atoms with van der Waals surface area (Å²) in [6, 6.07) is 16.2. The van der Waals surface area contributed by atoms with E-state index in [0.717, 1.165) is 67.7 Å². The molecule has 1 atom stereocenters. The molecule has 7 heteroatoms. The van der Waals surface area contributed by atoms with Crippen molar-refractivity contribution in [1.29, 1.82) is 0 Å². The van der Waals surface area contributed by atoms with Crippen molar-refractivity contribution in [2.45, 2.75) is 25.9 Å². The van der Waals surface area contributed by atoms with Crippen molar-refractivity contribution in [3.05, 3.63) is 64.6 Å². The number of hydrogen-bond donors (Lipinski definition) is 0. The molecule has 5 rings (SSSR count). The fourth-order valence-electron chi connectivity index (χ4n) is 4.34. The molecular formula is C26H29N3O3S. The van der Waals surface area contributed by atoms with Gasteiger partial charge in [0.25, 0.3) is 5.91 Å². The predicted molar refractivity (Wildman–Crippen MR) is 134 cm³/mol. The Balaban J connectivity index is 1.41. The van der Waals surface area contributed by atoms with Gasteiger partial charge in [-0.3, -0.25) is 9.69 Å². The van der Waals surface area contributed by atoms with E-state index in [2.05, 4.69) is 30.0 Å². The molecule has 0 aliphatic carbocycles. The van der Waals surface area contributed by atoms with Gasteiger partial charge in [-0.2, -0.15) is 0 Å². The van der Waals surface area contributed by atoms with Gasteiger partial charge in [0.2, 0.25) is 0 Å². The number of carbonyl (C=O) groups is 1. The Bertz CT molecular complexity index is 1060. The molecule has 3 aliphatic heterocycles. The van der Waals surface area contributed by atoms with Crippen molar-refractivity contribution in [1.82, 2.24) is 4.90 Å². The number of benzene rings is 2. The molecular weight excluding hydrogens is 434 g/mol. The second kappa shape index (κ2) is 10.1. The zero-order valence-electron chi connectivity index (χ0n) is 18.9. The molecule has 0 N–H and O–H groups in total. The number of aliphatic imine (C=N–C) groups is 1. The summed E-state index contributed by atoms with van der Waals surface area (Å²) in [7, 11) is 0. The van der Waals surface area contributed by atoms with Crippen molar-refractivity contribution in [3.63, 3.8) is 0 Å². The van der Waals surface area contributed by atoms with Gasteiger partial charge in [-0.05, 0) is 73.0 Å². The first-order chi connectivity index (χ1) is 16.2. The van der Waals surface area contributed by atoms with Crippen LogP contribution in [0.3, 0.4) is 0 Å². The van der Waals surface area contributed by atoms with Gasteiger partial charge in [-0.15, -0.1) is 0 Å². The lowest BCUT2D eigenvalue weighted by atomic mass is 10.1. The molecule has 172 valence electrons. The summed E-state index contributed by atoms with van der Waals surface area (Å²) in [5, 5.41) is 0.718. The van der Waals surface area contributed by atoms with Crippen LogP contribution < -0.4 is 4.90 Å². The highest BCUT2D eigenvalue weighted by Crippen LogP contribution is 2.36. The zero-order valence-corrected chi connectivity index (χ0v) is 19.7. The van der Waals surface area contributed by atoms with Crippen molar-refractivity contribution >= 4 is 40.3 Å². The number of amides is 1. The fourth-order valence-corrected chi connectivity index (χ4v) is 5.34. The molecule has 0 saturated carbocycles. The molecule has 0 unspecified atom stereocenters. The average molecular weight is 464 g/mol. The van der Waals surface area contributed by atoms with E-state index in [1.165, 1.54) is 17.4 Å². The molecule has 6 nitrogen and oxygen atoms in total. The highest BCUT2D eigenvalue weighted by atomic mass is 32.2. The standard InChI is InChI=1S/C26H29N3O3S/c1-19-16-22(28-11-14-31-15-12-28)10-9-20(19)17-24-25(30)29(18-23-8-5-13-32-23)26(33-24)27-21-6-3-2-4-7-21/h2-4,6-7,9-10,16-17,23H,5,8,11-15,18H2,1H3/b24-17-,27-26?/t23-/m0/s1. The first kappa shape index (κ1) is 22.2. The smallest absolute Gasteiger partial charge is 0.266 e. The Kier molecular flexibility index (Phi) is 6.80. The van der Waals surface area contributed by atoms with E-state index in [-0.39, 0.29) is 12.0 Å². The molecule has 1 amide bonds. The summed E-state index contributed by atoms with van der Waals surface area (Å²) in [5.41, 5.74) is 4.26. The van der Waals surface area contributed by atoms with Crippen LogP contribution in [0.1, 0.15) is 24.0 Å². The molecule has 3 heterocycles. The third-order valence-corrected chi connectivity index (χ3v) is 7.20. The number of para-hydroxylation sites is 1. The van der Waals surface area contributed by atoms with Crippen LogP contribution in [0.5, 0.6) is 0 Å².